The van der Waals surface area contributed by atoms with Crippen LogP contribution >= 0.6 is 31.9 Å². The summed E-state index contributed by atoms with van der Waals surface area (Å²) in [5.41, 5.74) is 7.11. The van der Waals surface area contributed by atoms with E-state index in [9.17, 15) is 10.1 Å². The molecular formula is C14H12Br2N2O3. The summed E-state index contributed by atoms with van der Waals surface area (Å²) in [7, 11) is 0. The number of nitrogens with zero attached hydrogens (tertiary/aromatic N) is 1. The molecule has 0 radical (unpaired) electrons. The molecule has 5 nitrogen and oxygen atoms in total. The molecular weight excluding hydrogens is 404 g/mol. The highest BCUT2D eigenvalue weighted by Crippen LogP contribution is 2.35. The van der Waals surface area contributed by atoms with Gasteiger partial charge in [0.2, 0.25) is 0 Å². The fourth-order valence-electron chi connectivity index (χ4n) is 1.83. The fourth-order valence-corrected chi connectivity index (χ4v) is 3.34. The lowest BCUT2D eigenvalue weighted by molar-refractivity contribution is -0.385. The molecule has 2 aromatic carbocycles. The lowest BCUT2D eigenvalue weighted by Crippen LogP contribution is -2.02. The minimum absolute atomic E-state index is 0.0447. The number of rotatable bonds is 5. The maximum Gasteiger partial charge on any atom is 0.276 e. The number of halogens is 2. The molecule has 0 aliphatic heterocycles. The first-order chi connectivity index (χ1) is 10.0. The maximum absolute atomic E-state index is 11.0. The van der Waals surface area contributed by atoms with Gasteiger partial charge < -0.3 is 10.5 Å². The molecule has 0 atom stereocenters. The highest BCUT2D eigenvalue weighted by molar-refractivity contribution is 9.11. The fraction of sp³-hybridized carbons (Fsp3) is 0.143. The molecule has 0 aliphatic rings. The van der Waals surface area contributed by atoms with Crippen LogP contribution in [-0.4, -0.2) is 4.92 Å². The maximum atomic E-state index is 11.0. The Balaban J connectivity index is 2.23. The number of benzene rings is 2. The summed E-state index contributed by atoms with van der Waals surface area (Å²) in [6, 6.07) is 10.2. The Bertz CT molecular complexity index is 654. The molecule has 0 unspecified atom stereocenters. The van der Waals surface area contributed by atoms with Crippen molar-refractivity contribution in [1.29, 1.82) is 0 Å². The second-order valence-corrected chi connectivity index (χ2v) is 5.98. The van der Waals surface area contributed by atoms with E-state index in [2.05, 4.69) is 31.9 Å². The van der Waals surface area contributed by atoms with Gasteiger partial charge in [-0.1, -0.05) is 12.1 Å². The number of hydrogen-bond acceptors (Lipinski definition) is 4. The molecule has 0 bridgehead atoms. The molecule has 0 aliphatic carbocycles. The summed E-state index contributed by atoms with van der Waals surface area (Å²) < 4.78 is 7.20. The normalized spacial score (nSPS) is 10.4. The summed E-state index contributed by atoms with van der Waals surface area (Å²) >= 11 is 6.83. The van der Waals surface area contributed by atoms with Crippen LogP contribution in [0.2, 0.25) is 0 Å². The van der Waals surface area contributed by atoms with E-state index in [-0.39, 0.29) is 12.3 Å². The molecule has 0 amide bonds. The quantitative estimate of drug-likeness (QED) is 0.587. The number of para-hydroxylation sites is 1. The van der Waals surface area contributed by atoms with E-state index in [0.29, 0.717) is 17.9 Å². The molecule has 2 aromatic rings. The summed E-state index contributed by atoms with van der Waals surface area (Å²) in [5.74, 6) is 0.588. The minimum Gasteiger partial charge on any atom is -0.486 e. The Morgan fingerprint density at radius 1 is 1.19 bits per heavy atom. The van der Waals surface area contributed by atoms with E-state index in [1.807, 2.05) is 12.1 Å². The van der Waals surface area contributed by atoms with Gasteiger partial charge in [0.1, 0.15) is 12.4 Å². The van der Waals surface area contributed by atoms with Crippen LogP contribution in [0.25, 0.3) is 0 Å². The van der Waals surface area contributed by atoms with Crippen molar-refractivity contribution in [2.45, 2.75) is 13.2 Å². The number of hydrogen-bond donors (Lipinski definition) is 1. The molecule has 21 heavy (non-hydrogen) atoms. The van der Waals surface area contributed by atoms with Gasteiger partial charge in [0.25, 0.3) is 5.69 Å². The Labute approximate surface area is 138 Å². The molecule has 2 rings (SSSR count). The first kappa shape index (κ1) is 15.9. The molecule has 0 spiro atoms. The Kier molecular flexibility index (Phi) is 5.33. The smallest absolute Gasteiger partial charge is 0.276 e. The average Bonchev–Trinajstić information content (AvgIpc) is 2.46. The lowest BCUT2D eigenvalue weighted by atomic mass is 10.2. The zero-order chi connectivity index (χ0) is 15.4. The average molecular weight is 416 g/mol. The predicted molar refractivity (Wildman–Crippen MR) is 87.2 cm³/mol. The van der Waals surface area contributed by atoms with Gasteiger partial charge in [0.05, 0.1) is 19.4 Å². The zero-order valence-corrected chi connectivity index (χ0v) is 14.1. The third-order valence-corrected chi connectivity index (χ3v) is 4.03. The molecule has 0 heterocycles. The van der Waals surface area contributed by atoms with Crippen molar-refractivity contribution in [3.8, 4) is 5.75 Å². The van der Waals surface area contributed by atoms with Gasteiger partial charge in [-0.25, -0.2) is 0 Å². The van der Waals surface area contributed by atoms with Crippen LogP contribution < -0.4 is 10.5 Å². The van der Waals surface area contributed by atoms with Crippen molar-refractivity contribution < 1.29 is 9.66 Å². The van der Waals surface area contributed by atoms with E-state index in [0.717, 1.165) is 14.5 Å². The highest BCUT2D eigenvalue weighted by Gasteiger charge is 2.15. The number of nitro groups is 1. The molecule has 110 valence electrons. The van der Waals surface area contributed by atoms with Crippen LogP contribution in [0.4, 0.5) is 5.69 Å². The molecule has 0 aromatic heterocycles. The number of nitro benzene ring substituents is 1. The van der Waals surface area contributed by atoms with Crippen LogP contribution in [0.15, 0.2) is 45.3 Å². The van der Waals surface area contributed by atoms with E-state index in [4.69, 9.17) is 10.5 Å². The van der Waals surface area contributed by atoms with Gasteiger partial charge in [0, 0.05) is 12.6 Å². The topological polar surface area (TPSA) is 78.4 Å². The van der Waals surface area contributed by atoms with Crippen molar-refractivity contribution in [2.24, 2.45) is 5.73 Å². The van der Waals surface area contributed by atoms with Gasteiger partial charge in [-0.2, -0.15) is 0 Å². The Morgan fingerprint density at radius 2 is 1.81 bits per heavy atom. The SMILES string of the molecule is NCc1cc(Br)c(OCc2ccccc2[N+](=O)[O-])c(Br)c1. The number of nitrogens with two attached hydrogens (primary N) is 1. The van der Waals surface area contributed by atoms with Gasteiger partial charge in [0.15, 0.2) is 0 Å². The van der Waals surface area contributed by atoms with Crippen molar-refractivity contribution >= 4 is 37.5 Å². The molecule has 0 saturated heterocycles. The minimum atomic E-state index is -0.416. The van der Waals surface area contributed by atoms with Crippen molar-refractivity contribution in [2.75, 3.05) is 0 Å². The van der Waals surface area contributed by atoms with Crippen LogP contribution in [0.1, 0.15) is 11.1 Å². The van der Waals surface area contributed by atoms with Gasteiger partial charge in [-0.3, -0.25) is 10.1 Å². The second kappa shape index (κ2) is 7.02. The third kappa shape index (κ3) is 3.81. The molecule has 2 N–H and O–H groups in total. The Hall–Kier alpha value is -1.44. The molecule has 7 heteroatoms. The monoisotopic (exact) mass is 414 g/mol. The standard InChI is InChI=1S/C14H12Br2N2O3/c15-11-5-9(7-17)6-12(16)14(11)21-8-10-3-1-2-4-13(10)18(19)20/h1-6H,7-8,17H2. The Morgan fingerprint density at radius 3 is 2.38 bits per heavy atom. The first-order valence-corrected chi connectivity index (χ1v) is 7.64. The van der Waals surface area contributed by atoms with Gasteiger partial charge >= 0.3 is 0 Å². The summed E-state index contributed by atoms with van der Waals surface area (Å²) in [4.78, 5) is 10.6. The van der Waals surface area contributed by atoms with E-state index in [1.165, 1.54) is 6.07 Å². The van der Waals surface area contributed by atoms with Gasteiger partial charge in [-0.05, 0) is 55.6 Å². The summed E-state index contributed by atoms with van der Waals surface area (Å²) in [6.07, 6.45) is 0. The van der Waals surface area contributed by atoms with Crippen LogP contribution in [0.5, 0.6) is 5.75 Å². The van der Waals surface area contributed by atoms with Crippen molar-refractivity contribution in [3.63, 3.8) is 0 Å². The van der Waals surface area contributed by atoms with Crippen LogP contribution in [-0.2, 0) is 13.2 Å². The van der Waals surface area contributed by atoms with Crippen LogP contribution in [0, 0.1) is 10.1 Å². The highest BCUT2D eigenvalue weighted by atomic mass is 79.9. The van der Waals surface area contributed by atoms with E-state index in [1.54, 1.807) is 18.2 Å². The third-order valence-electron chi connectivity index (χ3n) is 2.85. The summed E-state index contributed by atoms with van der Waals surface area (Å²) in [6.45, 7) is 0.526. The van der Waals surface area contributed by atoms with Gasteiger partial charge in [-0.15, -0.1) is 0 Å². The van der Waals surface area contributed by atoms with Crippen molar-refractivity contribution in [3.05, 3.63) is 66.6 Å². The van der Waals surface area contributed by atoms with E-state index < -0.39 is 4.92 Å². The van der Waals surface area contributed by atoms with Crippen LogP contribution in [0.3, 0.4) is 0 Å². The van der Waals surface area contributed by atoms with Crippen molar-refractivity contribution in [1.82, 2.24) is 0 Å². The zero-order valence-electron chi connectivity index (χ0n) is 10.9. The number of ether oxygens (including phenoxy) is 1. The van der Waals surface area contributed by atoms with E-state index >= 15 is 0 Å². The first-order valence-electron chi connectivity index (χ1n) is 6.06. The largest absolute Gasteiger partial charge is 0.486 e. The second-order valence-electron chi connectivity index (χ2n) is 4.27. The predicted octanol–water partition coefficient (Wildman–Crippen LogP) is 4.16. The summed E-state index contributed by atoms with van der Waals surface area (Å²) in [5, 5.41) is 11.0. The molecule has 0 saturated carbocycles. The molecule has 0 fully saturated rings. The lowest BCUT2D eigenvalue weighted by Gasteiger charge is -2.12.